The summed E-state index contributed by atoms with van der Waals surface area (Å²) >= 11 is 0. The Morgan fingerprint density at radius 3 is 1.04 bits per heavy atom. The smallest absolute Gasteiger partial charge is 0.218 e. The molecule has 0 aromatic heterocycles. The number of fused-ring (bicyclic) bond motifs is 2. The Morgan fingerprint density at radius 1 is 0.375 bits per heavy atom. The lowest BCUT2D eigenvalue weighted by Crippen LogP contribution is -2.65. The fourth-order valence-electron chi connectivity index (χ4n) is 7.82. The minimum atomic E-state index is -2.77. The second kappa shape index (κ2) is 28.4. The van der Waals surface area contributed by atoms with E-state index in [9.17, 15) is 107 Å². The van der Waals surface area contributed by atoms with E-state index in [-0.39, 0.29) is 13.0 Å². The number of hydrogen-bond acceptors (Lipinski definition) is 31. The van der Waals surface area contributed by atoms with Gasteiger partial charge in [-0.1, -0.05) is 0 Å². The van der Waals surface area contributed by atoms with Crippen LogP contribution in [0.2, 0.25) is 0 Å². The van der Waals surface area contributed by atoms with Crippen LogP contribution in [0.3, 0.4) is 0 Å². The molecule has 6 heterocycles. The third-order valence-corrected chi connectivity index (χ3v) is 12.1. The maximum atomic E-state index is 11.4. The molecule has 0 radical (unpaired) electrons. The van der Waals surface area contributed by atoms with Gasteiger partial charge in [0.1, 0.15) is 73.2 Å². The molecule has 418 valence electrons. The second-order valence-electron chi connectivity index (χ2n) is 17.1. The summed E-state index contributed by atoms with van der Waals surface area (Å²) in [5, 5.41) is 225. The van der Waals surface area contributed by atoms with Crippen LogP contribution in [0, 0.1) is 0 Å². The van der Waals surface area contributed by atoms with Gasteiger partial charge in [-0.3, -0.25) is 0 Å². The van der Waals surface area contributed by atoms with Crippen molar-refractivity contribution in [3.8, 4) is 0 Å². The van der Waals surface area contributed by atoms with Gasteiger partial charge >= 0.3 is 0 Å². The Bertz CT molecular complexity index is 1800. The number of aliphatic hydroxyl groups is 21. The average Bonchev–Trinajstić information content (AvgIpc) is 3.36. The van der Waals surface area contributed by atoms with Crippen molar-refractivity contribution in [2.24, 2.45) is 0 Å². The topological polar surface area (TPSA) is 505 Å². The standard InChI is InChI=1S/C41H70N2O29/c1-42-7-9-43(10-8-42)6-2-16-22(49)28(55)36(61)65-17(3-11-44)23(50)29(56)37(62)66-18(4-12-45)24(51)30(57)38(63)67-19(5-13-46)25(52)31(58)39(64)71-34-20(14-47)70-41(33(60)26(34)53)72-35-21(15-48)69-40(68-16)32(59)27(35)54/h16-21,26-27,32-41,44-64H,2-15H2,1H3/b28-22-,29-23-,30-24-,31-25-. The van der Waals surface area contributed by atoms with Crippen LogP contribution >= 0.6 is 0 Å². The zero-order valence-corrected chi connectivity index (χ0v) is 38.8. The first-order valence-corrected chi connectivity index (χ1v) is 22.7. The molecule has 6 aliphatic rings. The molecule has 6 rings (SSSR count). The van der Waals surface area contributed by atoms with Crippen molar-refractivity contribution in [2.75, 3.05) is 72.8 Å². The lowest BCUT2D eigenvalue weighted by molar-refractivity contribution is -0.368. The van der Waals surface area contributed by atoms with Crippen molar-refractivity contribution in [2.45, 2.75) is 137 Å². The van der Waals surface area contributed by atoms with Gasteiger partial charge in [0.25, 0.3) is 0 Å². The SMILES string of the molecule is CN1CCN(CCC2OC3OC(CO)C(OC4OC(CO)C(OC(O)/C(O)=C(/O)C(CCO)OC(O)/C(O)=C(/O)C(CCO)OC(O)/C(O)=C(/O)C(CCO)OC(O)/C(O)=C\2O)C(O)C4O)C(O)C3O)CC1. The number of nitrogens with zero attached hydrogens (tertiary/aromatic N) is 2. The van der Waals surface area contributed by atoms with Crippen LogP contribution in [0.4, 0.5) is 0 Å². The zero-order valence-electron chi connectivity index (χ0n) is 38.8. The van der Waals surface area contributed by atoms with Crippen LogP contribution in [0.5, 0.6) is 0 Å². The fourth-order valence-corrected chi connectivity index (χ4v) is 7.82. The molecule has 31 nitrogen and oxygen atoms in total. The van der Waals surface area contributed by atoms with Crippen molar-refractivity contribution in [1.29, 1.82) is 0 Å². The van der Waals surface area contributed by atoms with Crippen molar-refractivity contribution in [3.05, 3.63) is 46.1 Å². The molecule has 3 saturated heterocycles. The van der Waals surface area contributed by atoms with Crippen LogP contribution in [-0.2, 0) is 37.9 Å². The van der Waals surface area contributed by atoms with Crippen LogP contribution in [0.15, 0.2) is 46.1 Å². The molecule has 0 amide bonds. The molecule has 3 fully saturated rings. The average molecular weight is 1050 g/mol. The van der Waals surface area contributed by atoms with E-state index in [1.54, 1.807) is 0 Å². The van der Waals surface area contributed by atoms with E-state index < -0.39 is 209 Å². The van der Waals surface area contributed by atoms with E-state index in [1.165, 1.54) is 0 Å². The molecule has 6 aliphatic heterocycles. The molecule has 21 N–H and O–H groups in total. The summed E-state index contributed by atoms with van der Waals surface area (Å²) in [7, 11) is 1.88. The third kappa shape index (κ3) is 15.3. The molecule has 72 heavy (non-hydrogen) atoms. The Kier molecular flexibility index (Phi) is 24.0. The minimum absolute atomic E-state index is 0.107. The van der Waals surface area contributed by atoms with E-state index >= 15 is 0 Å². The zero-order chi connectivity index (χ0) is 53.7. The predicted octanol–water partition coefficient (Wildman–Crippen LogP) is -6.44. The number of likely N-dealkylation sites (N-methyl/N-ethyl adjacent to an activating group) is 1. The summed E-state index contributed by atoms with van der Waals surface area (Å²) < 4.78 is 43.4. The first-order valence-electron chi connectivity index (χ1n) is 22.7. The van der Waals surface area contributed by atoms with Crippen molar-refractivity contribution < 1.29 is 145 Å². The van der Waals surface area contributed by atoms with E-state index in [0.29, 0.717) is 26.2 Å². The number of rotatable bonds is 11. The van der Waals surface area contributed by atoms with E-state index in [0.717, 1.165) is 0 Å². The molecule has 31 heteroatoms. The predicted molar refractivity (Wildman–Crippen MR) is 232 cm³/mol. The van der Waals surface area contributed by atoms with Gasteiger partial charge in [-0.2, -0.15) is 0 Å². The number of hydrogen-bond donors (Lipinski definition) is 21. The molecular formula is C41H70N2O29. The third-order valence-electron chi connectivity index (χ3n) is 12.1. The van der Waals surface area contributed by atoms with Crippen LogP contribution in [-0.4, -0.2) is 301 Å². The highest BCUT2D eigenvalue weighted by atomic mass is 16.8. The Balaban J connectivity index is 1.81. The molecule has 0 spiro atoms. The highest BCUT2D eigenvalue weighted by Crippen LogP contribution is 2.33. The van der Waals surface area contributed by atoms with E-state index in [1.807, 2.05) is 16.8 Å². The van der Waals surface area contributed by atoms with Gasteiger partial charge in [-0.25, -0.2) is 0 Å². The summed E-state index contributed by atoms with van der Waals surface area (Å²) in [4.78, 5) is 3.95. The summed E-state index contributed by atoms with van der Waals surface area (Å²) in [5.41, 5.74) is 0. The van der Waals surface area contributed by atoms with Gasteiger partial charge in [-0.05, 0) is 13.5 Å². The van der Waals surface area contributed by atoms with E-state index in [4.69, 9.17) is 37.9 Å². The monoisotopic (exact) mass is 1050 g/mol. The molecule has 0 aliphatic carbocycles. The molecule has 18 unspecified atom stereocenters. The highest BCUT2D eigenvalue weighted by molar-refractivity contribution is 5.13. The lowest BCUT2D eigenvalue weighted by Gasteiger charge is -2.47. The molecule has 4 bridgehead atoms. The lowest BCUT2D eigenvalue weighted by atomic mass is 9.96. The molecule has 18 atom stereocenters. The Labute approximate surface area is 410 Å². The number of ether oxygens (including phenoxy) is 8. The van der Waals surface area contributed by atoms with Crippen LogP contribution in [0.25, 0.3) is 0 Å². The Morgan fingerprint density at radius 2 is 0.694 bits per heavy atom. The maximum Gasteiger partial charge on any atom is 0.218 e. The van der Waals surface area contributed by atoms with Gasteiger partial charge < -0.3 is 155 Å². The summed E-state index contributed by atoms with van der Waals surface area (Å²) in [6.07, 6.45) is -41.9. The van der Waals surface area contributed by atoms with Crippen LogP contribution in [0.1, 0.15) is 25.7 Å². The maximum absolute atomic E-state index is 11.4. The first kappa shape index (κ1) is 61.0. The van der Waals surface area contributed by atoms with E-state index in [2.05, 4.69) is 0 Å². The summed E-state index contributed by atoms with van der Waals surface area (Å²) in [5.74, 6) is -11.7. The highest BCUT2D eigenvalue weighted by Gasteiger charge is 2.52. The molecule has 0 aromatic carbocycles. The summed E-state index contributed by atoms with van der Waals surface area (Å²) in [6.45, 7) is -2.46. The minimum Gasteiger partial charge on any atom is -0.506 e. The second-order valence-corrected chi connectivity index (χ2v) is 17.1. The largest absolute Gasteiger partial charge is 0.506 e. The summed E-state index contributed by atoms with van der Waals surface area (Å²) in [6, 6.07) is 0. The van der Waals surface area contributed by atoms with Gasteiger partial charge in [0.15, 0.2) is 58.7 Å². The quantitative estimate of drug-likeness (QED) is 0.0915. The Hall–Kier alpha value is -3.56. The van der Waals surface area contributed by atoms with Gasteiger partial charge in [0.2, 0.25) is 25.2 Å². The molecule has 0 saturated carbocycles. The normalized spacial score (nSPS) is 43.0. The molecular weight excluding hydrogens is 984 g/mol. The van der Waals surface area contributed by atoms with Gasteiger partial charge in [-0.15, -0.1) is 0 Å². The van der Waals surface area contributed by atoms with Gasteiger partial charge in [0.05, 0.1) is 13.2 Å². The number of piperazine rings is 1. The number of aliphatic hydroxyl groups excluding tert-OH is 21. The van der Waals surface area contributed by atoms with Crippen LogP contribution < -0.4 is 0 Å². The first-order chi connectivity index (χ1) is 34.0. The van der Waals surface area contributed by atoms with Crippen molar-refractivity contribution >= 4 is 0 Å². The van der Waals surface area contributed by atoms with Crippen molar-refractivity contribution in [3.63, 3.8) is 0 Å². The molecule has 0 aromatic rings. The van der Waals surface area contributed by atoms with Crippen molar-refractivity contribution in [1.82, 2.24) is 9.80 Å². The fraction of sp³-hybridized carbons (Fsp3) is 0.805. The van der Waals surface area contributed by atoms with Gasteiger partial charge in [0, 0.05) is 71.8 Å².